The molecule has 0 amide bonds. The van der Waals surface area contributed by atoms with Crippen LogP contribution in [-0.4, -0.2) is 0 Å². The van der Waals surface area contributed by atoms with Gasteiger partial charge >= 0.3 is 26.2 Å². The molecule has 1 aliphatic carbocycles. The number of hydrogen-bond donors (Lipinski definition) is 0. The summed E-state index contributed by atoms with van der Waals surface area (Å²) in [6.07, 6.45) is 8.17. The fraction of sp³-hybridized carbons (Fsp3) is 0.600. The molecule has 73 valence electrons. The van der Waals surface area contributed by atoms with E-state index in [1.165, 1.54) is 24.0 Å². The maximum atomic E-state index is 3.38. The predicted molar refractivity (Wildman–Crippen MR) is 44.6 cm³/mol. The Bertz CT molecular complexity index is 185. The molecule has 0 aromatic carbocycles. The van der Waals surface area contributed by atoms with Crippen LogP contribution >= 0.6 is 0 Å². The molecule has 0 heterocycles. The van der Waals surface area contributed by atoms with E-state index in [0.717, 1.165) is 0 Å². The fourth-order valence-electron chi connectivity index (χ4n) is 1.44. The first kappa shape index (κ1) is 19.5. The van der Waals surface area contributed by atoms with Gasteiger partial charge in [-0.1, -0.05) is 39.5 Å². The first-order chi connectivity index (χ1) is 4.74. The molecule has 0 aromatic rings. The minimum absolute atomic E-state index is 0. The Balaban J connectivity index is -0.000000333. The van der Waals surface area contributed by atoms with E-state index < -0.39 is 0 Å². The van der Waals surface area contributed by atoms with Crippen LogP contribution in [0.25, 0.3) is 0 Å². The first-order valence-electron chi connectivity index (χ1n) is 4.05. The summed E-state index contributed by atoms with van der Waals surface area (Å²) in [5.74, 6) is 0.557. The van der Waals surface area contributed by atoms with Gasteiger partial charge in [-0.3, -0.25) is 6.08 Å². The summed E-state index contributed by atoms with van der Waals surface area (Å²) in [5.41, 5.74) is 2.88. The molecule has 0 saturated heterocycles. The van der Waals surface area contributed by atoms with Crippen molar-refractivity contribution in [3.05, 3.63) is 23.3 Å². The number of allylic oxidation sites excluding steroid dienone is 4. The van der Waals surface area contributed by atoms with Gasteiger partial charge in [0.15, 0.2) is 0 Å². The third kappa shape index (κ3) is 6.10. The van der Waals surface area contributed by atoms with Gasteiger partial charge in [-0.15, -0.1) is 0 Å². The summed E-state index contributed by atoms with van der Waals surface area (Å²) in [6.45, 7) is 6.56. The Morgan fingerprint density at radius 2 is 1.92 bits per heavy atom. The Morgan fingerprint density at radius 3 is 2.23 bits per heavy atom. The quantitative estimate of drug-likeness (QED) is 0.480. The van der Waals surface area contributed by atoms with Gasteiger partial charge in [0.25, 0.3) is 0 Å². The number of halogens is 2. The van der Waals surface area contributed by atoms with Gasteiger partial charge in [0.2, 0.25) is 0 Å². The maximum Gasteiger partial charge on any atom is 3.00 e. The molecular weight excluding hydrogens is 282 g/mol. The van der Waals surface area contributed by atoms with Crippen molar-refractivity contribution in [2.24, 2.45) is 5.92 Å². The van der Waals surface area contributed by atoms with Crippen molar-refractivity contribution >= 4 is 0 Å². The van der Waals surface area contributed by atoms with Gasteiger partial charge in [-0.25, -0.2) is 5.57 Å². The van der Waals surface area contributed by atoms with Crippen LogP contribution in [0.1, 0.15) is 33.6 Å². The van der Waals surface area contributed by atoms with Crippen molar-refractivity contribution < 1.29 is 51.0 Å². The van der Waals surface area contributed by atoms with Crippen molar-refractivity contribution in [3.8, 4) is 0 Å². The third-order valence-corrected chi connectivity index (χ3v) is 1.90. The summed E-state index contributed by atoms with van der Waals surface area (Å²) in [5, 5.41) is 0. The van der Waals surface area contributed by atoms with Gasteiger partial charge in [-0.05, 0) is 0 Å². The summed E-state index contributed by atoms with van der Waals surface area (Å²) in [4.78, 5) is 0. The number of rotatable bonds is 2. The molecule has 0 nitrogen and oxygen atoms in total. The molecule has 3 heteroatoms. The normalized spacial score (nSPS) is 18.8. The Labute approximate surface area is 113 Å². The van der Waals surface area contributed by atoms with E-state index in [1.54, 1.807) is 0 Å². The van der Waals surface area contributed by atoms with Crippen LogP contribution in [0.5, 0.6) is 0 Å². The molecule has 1 rings (SSSR count). The summed E-state index contributed by atoms with van der Waals surface area (Å²) >= 11 is 0. The van der Waals surface area contributed by atoms with Gasteiger partial charge in [0.05, 0.1) is 0 Å². The van der Waals surface area contributed by atoms with Crippen molar-refractivity contribution in [1.82, 2.24) is 0 Å². The van der Waals surface area contributed by atoms with E-state index >= 15 is 0 Å². The van der Waals surface area contributed by atoms with Crippen LogP contribution < -0.4 is 24.8 Å². The van der Waals surface area contributed by atoms with Crippen LogP contribution in [0.2, 0.25) is 0 Å². The molecule has 0 aromatic heterocycles. The summed E-state index contributed by atoms with van der Waals surface area (Å²) in [6, 6.07) is 0. The molecule has 0 spiro atoms. The standard InChI is InChI=1S/C10H15.2ClH.Zr/c1-4-5-10-7-8(2)6-9(10)3;;;/h7-8H,4-5H2,1-3H3;2*1H;/q-1;;;+3/p-2. The molecule has 0 N–H and O–H groups in total. The van der Waals surface area contributed by atoms with Crippen molar-refractivity contribution in [2.45, 2.75) is 33.6 Å². The van der Waals surface area contributed by atoms with E-state index in [-0.39, 0.29) is 51.0 Å². The van der Waals surface area contributed by atoms with Crippen molar-refractivity contribution in [3.63, 3.8) is 0 Å². The second-order valence-electron chi connectivity index (χ2n) is 3.00. The largest absolute Gasteiger partial charge is 3.00 e. The van der Waals surface area contributed by atoms with Crippen LogP contribution in [0, 0.1) is 12.0 Å². The topological polar surface area (TPSA) is 0 Å². The SMILES string of the molecule is CCCC1=CC(C)[C-]=C1C.[Cl-].[Cl-].[Zr+3]. The number of hydrogen-bond acceptors (Lipinski definition) is 0. The molecule has 1 atom stereocenters. The van der Waals surface area contributed by atoms with Gasteiger partial charge in [0, 0.05) is 0 Å². The van der Waals surface area contributed by atoms with Crippen molar-refractivity contribution in [2.75, 3.05) is 0 Å². The average Bonchev–Trinajstić information content (AvgIpc) is 2.13. The monoisotopic (exact) mass is 295 g/mol. The second-order valence-corrected chi connectivity index (χ2v) is 3.00. The molecule has 0 saturated carbocycles. The van der Waals surface area contributed by atoms with Crippen molar-refractivity contribution in [1.29, 1.82) is 0 Å². The molecule has 0 bridgehead atoms. The molecular formula is C10H15Cl2Zr. The average molecular weight is 297 g/mol. The zero-order chi connectivity index (χ0) is 7.56. The van der Waals surface area contributed by atoms with E-state index in [4.69, 9.17) is 0 Å². The van der Waals surface area contributed by atoms with Crippen LogP contribution in [0.4, 0.5) is 0 Å². The van der Waals surface area contributed by atoms with E-state index in [2.05, 4.69) is 32.9 Å². The first-order valence-corrected chi connectivity index (χ1v) is 4.05. The van der Waals surface area contributed by atoms with E-state index in [9.17, 15) is 0 Å². The Hall–Kier alpha value is 0.943. The van der Waals surface area contributed by atoms with E-state index in [1.807, 2.05) is 0 Å². The van der Waals surface area contributed by atoms with E-state index in [0.29, 0.717) is 5.92 Å². The third-order valence-electron chi connectivity index (χ3n) is 1.90. The fourth-order valence-corrected chi connectivity index (χ4v) is 1.44. The minimum atomic E-state index is 0. The Kier molecular flexibility index (Phi) is 14.2. The van der Waals surface area contributed by atoms with Crippen LogP contribution in [0.15, 0.2) is 17.2 Å². The summed E-state index contributed by atoms with van der Waals surface area (Å²) in [7, 11) is 0. The molecule has 1 unspecified atom stereocenters. The zero-order valence-corrected chi connectivity index (χ0v) is 12.3. The predicted octanol–water partition coefficient (Wildman–Crippen LogP) is -2.88. The molecule has 1 aliphatic rings. The van der Waals surface area contributed by atoms with Gasteiger partial charge in [-0.2, -0.15) is 11.6 Å². The molecule has 0 fully saturated rings. The Morgan fingerprint density at radius 1 is 1.38 bits per heavy atom. The van der Waals surface area contributed by atoms with Gasteiger partial charge in [0.1, 0.15) is 0 Å². The summed E-state index contributed by atoms with van der Waals surface area (Å²) < 4.78 is 0. The molecule has 1 radical (unpaired) electrons. The van der Waals surface area contributed by atoms with Crippen LogP contribution in [-0.2, 0) is 26.2 Å². The minimum Gasteiger partial charge on any atom is -1.00 e. The molecule has 0 aliphatic heterocycles. The van der Waals surface area contributed by atoms with Gasteiger partial charge < -0.3 is 24.8 Å². The maximum absolute atomic E-state index is 3.38. The smallest absolute Gasteiger partial charge is 1.00 e. The second kappa shape index (κ2) is 9.50. The van der Waals surface area contributed by atoms with Crippen LogP contribution in [0.3, 0.4) is 0 Å². The zero-order valence-electron chi connectivity index (χ0n) is 8.32. The molecule has 13 heavy (non-hydrogen) atoms.